The molecule has 0 spiro atoms. The molecular formula is C16H18N4O4S. The van der Waals surface area contributed by atoms with Gasteiger partial charge in [-0.15, -0.1) is 0 Å². The number of aliphatic imine (C=N–C) groups is 1. The van der Waals surface area contributed by atoms with Gasteiger partial charge >= 0.3 is 0 Å². The predicted octanol–water partition coefficient (Wildman–Crippen LogP) is 0.732. The number of carbonyl (C=O) groups is 1. The van der Waals surface area contributed by atoms with Crippen molar-refractivity contribution in [2.45, 2.75) is 11.8 Å². The summed E-state index contributed by atoms with van der Waals surface area (Å²) < 4.78 is 29.3. The highest BCUT2D eigenvalue weighted by Crippen LogP contribution is 2.34. The summed E-state index contributed by atoms with van der Waals surface area (Å²) in [6, 6.07) is 9.67. The Morgan fingerprint density at radius 1 is 1.12 bits per heavy atom. The number of benzene rings is 2. The maximum absolute atomic E-state index is 12.1. The number of methoxy groups -OCH3 is 1. The zero-order chi connectivity index (χ0) is 18.8. The van der Waals surface area contributed by atoms with Gasteiger partial charge in [0.1, 0.15) is 5.75 Å². The Bertz CT molecular complexity index is 947. The van der Waals surface area contributed by atoms with Crippen LogP contribution in [0, 0.1) is 6.92 Å². The number of nitrogens with two attached hydrogens (primary N) is 3. The zero-order valence-corrected chi connectivity index (χ0v) is 14.5. The second-order valence-electron chi connectivity index (χ2n) is 5.30. The van der Waals surface area contributed by atoms with E-state index in [0.717, 1.165) is 11.6 Å². The molecule has 6 N–H and O–H groups in total. The number of ether oxygens (including phenoxy) is 1. The van der Waals surface area contributed by atoms with E-state index in [9.17, 15) is 13.2 Å². The van der Waals surface area contributed by atoms with Gasteiger partial charge < -0.3 is 16.2 Å². The van der Waals surface area contributed by atoms with Gasteiger partial charge in [0.15, 0.2) is 5.96 Å². The smallest absolute Gasteiger partial charge is 0.283 e. The largest absolute Gasteiger partial charge is 0.496 e. The van der Waals surface area contributed by atoms with Crippen LogP contribution in [0.1, 0.15) is 15.9 Å². The van der Waals surface area contributed by atoms with Crippen LogP contribution in [0.5, 0.6) is 5.75 Å². The van der Waals surface area contributed by atoms with Gasteiger partial charge in [0.05, 0.1) is 17.6 Å². The van der Waals surface area contributed by atoms with Crippen LogP contribution in [0.3, 0.4) is 0 Å². The molecule has 2 aromatic rings. The lowest BCUT2D eigenvalue weighted by Crippen LogP contribution is -2.24. The van der Waals surface area contributed by atoms with Crippen LogP contribution in [-0.4, -0.2) is 27.4 Å². The molecule has 0 saturated heterocycles. The first kappa shape index (κ1) is 18.4. The molecule has 0 aliphatic carbocycles. The minimum absolute atomic E-state index is 0.115. The molecule has 0 aromatic heterocycles. The second-order valence-corrected chi connectivity index (χ2v) is 6.83. The van der Waals surface area contributed by atoms with Crippen molar-refractivity contribution in [2.24, 2.45) is 21.6 Å². The van der Waals surface area contributed by atoms with Crippen LogP contribution in [0.25, 0.3) is 11.1 Å². The molecule has 2 rings (SSSR count). The molecule has 132 valence electrons. The fourth-order valence-electron chi connectivity index (χ4n) is 2.27. The Balaban J connectivity index is 2.79. The van der Waals surface area contributed by atoms with Crippen molar-refractivity contribution < 1.29 is 17.9 Å². The number of hydrogen-bond donors (Lipinski definition) is 3. The normalized spacial score (nSPS) is 11.0. The predicted molar refractivity (Wildman–Crippen MR) is 94.7 cm³/mol. The number of nitrogens with zero attached hydrogens (tertiary/aromatic N) is 1. The van der Waals surface area contributed by atoms with Crippen molar-refractivity contribution >= 4 is 21.9 Å². The van der Waals surface area contributed by atoms with E-state index in [4.69, 9.17) is 21.3 Å². The van der Waals surface area contributed by atoms with Crippen LogP contribution in [0.15, 0.2) is 46.3 Å². The highest BCUT2D eigenvalue weighted by atomic mass is 32.2. The number of primary sulfonamides is 1. The fourth-order valence-corrected chi connectivity index (χ4v) is 3.03. The molecule has 9 heteroatoms. The summed E-state index contributed by atoms with van der Waals surface area (Å²) in [5.74, 6) is -1.16. The summed E-state index contributed by atoms with van der Waals surface area (Å²) in [4.78, 5) is 15.3. The van der Waals surface area contributed by atoms with Crippen LogP contribution < -0.4 is 21.3 Å². The summed E-state index contributed by atoms with van der Waals surface area (Å²) in [5, 5.41) is 5.32. The van der Waals surface area contributed by atoms with E-state index in [1.165, 1.54) is 13.2 Å². The highest BCUT2D eigenvalue weighted by Gasteiger charge is 2.22. The van der Waals surface area contributed by atoms with E-state index in [0.29, 0.717) is 11.1 Å². The number of sulfonamides is 1. The van der Waals surface area contributed by atoms with Crippen LogP contribution in [0.4, 0.5) is 0 Å². The van der Waals surface area contributed by atoms with Gasteiger partial charge in [0.2, 0.25) is 10.0 Å². The van der Waals surface area contributed by atoms with Crippen LogP contribution in [0.2, 0.25) is 0 Å². The van der Waals surface area contributed by atoms with Crippen LogP contribution in [-0.2, 0) is 10.0 Å². The Morgan fingerprint density at radius 3 is 2.20 bits per heavy atom. The van der Waals surface area contributed by atoms with Gasteiger partial charge in [0, 0.05) is 5.56 Å². The standard InChI is InChI=1S/C16H18N4O4S/c1-9-3-5-10(6-4-9)11-7-13(24-2)12(15(21)20-16(17)18)8-14(11)25(19,22)23/h3-8H,1-2H3,(H2,19,22,23)(H4,17,18,20,21). The van der Waals surface area contributed by atoms with Gasteiger partial charge in [-0.05, 0) is 24.6 Å². The van der Waals surface area contributed by atoms with Crippen molar-refractivity contribution in [1.29, 1.82) is 0 Å². The van der Waals surface area contributed by atoms with E-state index >= 15 is 0 Å². The maximum Gasteiger partial charge on any atom is 0.283 e. The number of guanidine groups is 1. The molecule has 2 aromatic carbocycles. The quantitative estimate of drug-likeness (QED) is 0.539. The minimum Gasteiger partial charge on any atom is -0.496 e. The number of rotatable bonds is 4. The van der Waals surface area contributed by atoms with Crippen molar-refractivity contribution in [2.75, 3.05) is 7.11 Å². The molecule has 8 nitrogen and oxygen atoms in total. The van der Waals surface area contributed by atoms with E-state index in [-0.39, 0.29) is 16.2 Å². The molecule has 0 aliphatic heterocycles. The van der Waals surface area contributed by atoms with Gasteiger partial charge in [0.25, 0.3) is 5.91 Å². The Kier molecular flexibility index (Phi) is 5.10. The summed E-state index contributed by atoms with van der Waals surface area (Å²) in [6.07, 6.45) is 0. The minimum atomic E-state index is -4.12. The van der Waals surface area contributed by atoms with Gasteiger partial charge in [-0.1, -0.05) is 29.8 Å². The highest BCUT2D eigenvalue weighted by molar-refractivity contribution is 7.89. The van der Waals surface area contributed by atoms with E-state index < -0.39 is 21.9 Å². The summed E-state index contributed by atoms with van der Waals surface area (Å²) in [7, 11) is -2.78. The monoisotopic (exact) mass is 362 g/mol. The maximum atomic E-state index is 12.1. The SMILES string of the molecule is COc1cc(-c2ccc(C)cc2)c(S(N)(=O)=O)cc1C(=O)N=C(N)N. The molecule has 0 atom stereocenters. The van der Waals surface area contributed by atoms with E-state index in [1.54, 1.807) is 12.1 Å². The third-order valence-electron chi connectivity index (χ3n) is 3.43. The lowest BCUT2D eigenvalue weighted by Gasteiger charge is -2.13. The third-order valence-corrected chi connectivity index (χ3v) is 4.38. The summed E-state index contributed by atoms with van der Waals surface area (Å²) in [5.41, 5.74) is 12.2. The molecule has 0 bridgehead atoms. The number of carbonyl (C=O) groups excluding carboxylic acids is 1. The van der Waals surface area contributed by atoms with Crippen molar-refractivity contribution in [3.05, 3.63) is 47.5 Å². The zero-order valence-electron chi connectivity index (χ0n) is 13.7. The molecule has 0 unspecified atom stereocenters. The average molecular weight is 362 g/mol. The lowest BCUT2D eigenvalue weighted by molar-refractivity contribution is 0.0999. The molecule has 0 saturated carbocycles. The van der Waals surface area contributed by atoms with Gasteiger partial charge in [-0.25, -0.2) is 13.6 Å². The lowest BCUT2D eigenvalue weighted by atomic mass is 10.0. The van der Waals surface area contributed by atoms with Gasteiger partial charge in [-0.3, -0.25) is 4.79 Å². The molecule has 0 radical (unpaired) electrons. The van der Waals surface area contributed by atoms with Crippen molar-refractivity contribution in [3.8, 4) is 16.9 Å². The summed E-state index contributed by atoms with van der Waals surface area (Å²) in [6.45, 7) is 1.90. The Hall–Kier alpha value is -2.91. The Morgan fingerprint density at radius 2 is 1.72 bits per heavy atom. The van der Waals surface area contributed by atoms with Crippen LogP contribution >= 0.6 is 0 Å². The number of aryl methyl sites for hydroxylation is 1. The average Bonchev–Trinajstić information content (AvgIpc) is 2.52. The first-order valence-corrected chi connectivity index (χ1v) is 8.64. The summed E-state index contributed by atoms with van der Waals surface area (Å²) >= 11 is 0. The van der Waals surface area contributed by atoms with Gasteiger partial charge in [-0.2, -0.15) is 4.99 Å². The molecule has 0 fully saturated rings. The van der Waals surface area contributed by atoms with E-state index in [2.05, 4.69) is 4.99 Å². The first-order chi connectivity index (χ1) is 11.6. The molecular weight excluding hydrogens is 344 g/mol. The fraction of sp³-hybridized carbons (Fsp3) is 0.125. The number of amides is 1. The topological polar surface area (TPSA) is 151 Å². The Labute approximate surface area is 145 Å². The second kappa shape index (κ2) is 6.91. The van der Waals surface area contributed by atoms with Crippen molar-refractivity contribution in [1.82, 2.24) is 0 Å². The first-order valence-electron chi connectivity index (χ1n) is 7.09. The van der Waals surface area contributed by atoms with Crippen molar-refractivity contribution in [3.63, 3.8) is 0 Å². The molecule has 0 aliphatic rings. The molecule has 1 amide bonds. The molecule has 0 heterocycles. The molecule has 25 heavy (non-hydrogen) atoms. The van der Waals surface area contributed by atoms with E-state index in [1.807, 2.05) is 19.1 Å². The number of hydrogen-bond acceptors (Lipinski definition) is 4. The third kappa shape index (κ3) is 4.14.